The number of hydrogen-bond donors (Lipinski definition) is 0. The maximum absolute atomic E-state index is 12.3. The van der Waals surface area contributed by atoms with E-state index in [1.54, 1.807) is 16.8 Å². The highest BCUT2D eigenvalue weighted by molar-refractivity contribution is 5.99. The van der Waals surface area contributed by atoms with Gasteiger partial charge in [0, 0.05) is 12.5 Å². The number of hydrogen-bond acceptors (Lipinski definition) is 7. The Hall–Kier alpha value is -4.33. The van der Waals surface area contributed by atoms with Crippen LogP contribution in [0.3, 0.4) is 0 Å². The lowest BCUT2D eigenvalue weighted by molar-refractivity contribution is -0.131. The van der Waals surface area contributed by atoms with Crippen molar-refractivity contribution in [3.8, 4) is 5.75 Å². The summed E-state index contributed by atoms with van der Waals surface area (Å²) in [5.74, 6) is -1.06. The van der Waals surface area contributed by atoms with Crippen LogP contribution < -0.4 is 4.74 Å². The van der Waals surface area contributed by atoms with Gasteiger partial charge in [-0.25, -0.2) is 9.48 Å². The van der Waals surface area contributed by atoms with Gasteiger partial charge in [0.2, 0.25) is 0 Å². The predicted octanol–water partition coefficient (Wildman–Crippen LogP) is 3.44. The Labute approximate surface area is 183 Å². The summed E-state index contributed by atoms with van der Waals surface area (Å²) in [5, 5.41) is 8.29. The molecule has 0 aliphatic carbocycles. The lowest BCUT2D eigenvalue weighted by Gasteiger charge is -2.07. The standard InChI is InChI=1S/C24H19N3O5/c1-16(28)32-20-12-10-18(11-13-20)23(29)15-31-24(30)19-8-6-17(7-9-19)14-27-22-5-3-2-4-21(22)25-26-27/h2-13H,14-15H2,1H3. The van der Waals surface area contributed by atoms with Gasteiger partial charge in [-0.3, -0.25) is 9.59 Å². The van der Waals surface area contributed by atoms with Crippen molar-refractivity contribution in [2.24, 2.45) is 0 Å². The fourth-order valence-electron chi connectivity index (χ4n) is 3.13. The van der Waals surface area contributed by atoms with E-state index in [1.807, 2.05) is 36.4 Å². The van der Waals surface area contributed by atoms with Gasteiger partial charge >= 0.3 is 11.9 Å². The second-order valence-electron chi connectivity index (χ2n) is 7.05. The highest BCUT2D eigenvalue weighted by Gasteiger charge is 2.13. The van der Waals surface area contributed by atoms with Gasteiger partial charge in [-0.2, -0.15) is 0 Å². The Morgan fingerprint density at radius 3 is 2.28 bits per heavy atom. The van der Waals surface area contributed by atoms with Crippen LogP contribution in [-0.4, -0.2) is 39.3 Å². The summed E-state index contributed by atoms with van der Waals surface area (Å²) in [5.41, 5.74) is 3.38. The minimum atomic E-state index is -0.590. The molecule has 8 nitrogen and oxygen atoms in total. The third-order valence-electron chi connectivity index (χ3n) is 4.71. The van der Waals surface area contributed by atoms with E-state index in [0.29, 0.717) is 23.4 Å². The number of nitrogens with zero attached hydrogens (tertiary/aromatic N) is 3. The monoisotopic (exact) mass is 429 g/mol. The third kappa shape index (κ3) is 4.86. The normalized spacial score (nSPS) is 10.7. The molecule has 0 spiro atoms. The summed E-state index contributed by atoms with van der Waals surface area (Å²) in [7, 11) is 0. The van der Waals surface area contributed by atoms with Crippen molar-refractivity contribution >= 4 is 28.8 Å². The highest BCUT2D eigenvalue weighted by Crippen LogP contribution is 2.15. The number of Topliss-reactive ketones (excluding diaryl/α,β-unsaturated/α-hetero) is 1. The molecule has 0 bridgehead atoms. The average molecular weight is 429 g/mol. The molecule has 0 saturated heterocycles. The van der Waals surface area contributed by atoms with Crippen LogP contribution in [0.5, 0.6) is 5.75 Å². The molecule has 3 aromatic carbocycles. The van der Waals surface area contributed by atoms with E-state index < -0.39 is 18.5 Å². The smallest absolute Gasteiger partial charge is 0.338 e. The first-order valence-corrected chi connectivity index (χ1v) is 9.85. The maximum Gasteiger partial charge on any atom is 0.338 e. The third-order valence-corrected chi connectivity index (χ3v) is 4.71. The van der Waals surface area contributed by atoms with E-state index in [4.69, 9.17) is 9.47 Å². The van der Waals surface area contributed by atoms with Crippen molar-refractivity contribution in [2.45, 2.75) is 13.5 Å². The summed E-state index contributed by atoms with van der Waals surface area (Å²) in [4.78, 5) is 35.5. The van der Waals surface area contributed by atoms with Crippen molar-refractivity contribution < 1.29 is 23.9 Å². The number of ether oxygens (including phenoxy) is 2. The lowest BCUT2D eigenvalue weighted by Crippen LogP contribution is -2.14. The van der Waals surface area contributed by atoms with Gasteiger partial charge in [0.05, 0.1) is 17.6 Å². The van der Waals surface area contributed by atoms with Gasteiger partial charge in [0.1, 0.15) is 11.3 Å². The zero-order valence-electron chi connectivity index (χ0n) is 17.2. The van der Waals surface area contributed by atoms with E-state index in [1.165, 1.54) is 31.2 Å². The first kappa shape index (κ1) is 20.9. The molecule has 0 saturated carbocycles. The molecule has 0 amide bonds. The largest absolute Gasteiger partial charge is 0.454 e. The molecule has 0 unspecified atom stereocenters. The molecule has 0 atom stereocenters. The zero-order chi connectivity index (χ0) is 22.5. The molecule has 1 heterocycles. The minimum Gasteiger partial charge on any atom is -0.454 e. The number of carbonyl (C=O) groups is 3. The Kier molecular flexibility index (Phi) is 6.03. The summed E-state index contributed by atoms with van der Waals surface area (Å²) >= 11 is 0. The molecule has 0 aliphatic heterocycles. The Bertz CT molecular complexity index is 1280. The molecule has 32 heavy (non-hydrogen) atoms. The molecule has 8 heteroatoms. The van der Waals surface area contributed by atoms with Crippen LogP contribution in [0.1, 0.15) is 33.2 Å². The summed E-state index contributed by atoms with van der Waals surface area (Å²) in [6, 6.07) is 20.6. The van der Waals surface area contributed by atoms with Crippen molar-refractivity contribution in [1.29, 1.82) is 0 Å². The van der Waals surface area contributed by atoms with Crippen LogP contribution in [0.15, 0.2) is 72.8 Å². The molecule has 0 radical (unpaired) electrons. The van der Waals surface area contributed by atoms with Gasteiger partial charge < -0.3 is 9.47 Å². The van der Waals surface area contributed by atoms with E-state index in [9.17, 15) is 14.4 Å². The Morgan fingerprint density at radius 1 is 0.875 bits per heavy atom. The second-order valence-corrected chi connectivity index (χ2v) is 7.05. The molecule has 1 aromatic heterocycles. The topological polar surface area (TPSA) is 100 Å². The first-order valence-electron chi connectivity index (χ1n) is 9.85. The van der Waals surface area contributed by atoms with Crippen molar-refractivity contribution in [2.75, 3.05) is 6.61 Å². The van der Waals surface area contributed by atoms with Crippen LogP contribution >= 0.6 is 0 Å². The number of esters is 2. The zero-order valence-corrected chi connectivity index (χ0v) is 17.2. The minimum absolute atomic E-state index is 0.338. The number of fused-ring (bicyclic) bond motifs is 1. The van der Waals surface area contributed by atoms with Crippen LogP contribution in [-0.2, 0) is 16.1 Å². The van der Waals surface area contributed by atoms with E-state index in [2.05, 4.69) is 10.3 Å². The molecule has 4 aromatic rings. The number of aromatic nitrogens is 3. The van der Waals surface area contributed by atoms with Crippen molar-refractivity contribution in [3.63, 3.8) is 0 Å². The SMILES string of the molecule is CC(=O)Oc1ccc(C(=O)COC(=O)c2ccc(Cn3nnc4ccccc43)cc2)cc1. The van der Waals surface area contributed by atoms with Crippen molar-refractivity contribution in [3.05, 3.63) is 89.5 Å². The van der Waals surface area contributed by atoms with Crippen LogP contribution in [0, 0.1) is 0 Å². The lowest BCUT2D eigenvalue weighted by atomic mass is 10.1. The van der Waals surface area contributed by atoms with Gasteiger partial charge in [0.25, 0.3) is 0 Å². The Balaban J connectivity index is 1.33. The van der Waals surface area contributed by atoms with Crippen LogP contribution in [0.25, 0.3) is 11.0 Å². The molecule has 0 N–H and O–H groups in total. The quantitative estimate of drug-likeness (QED) is 0.252. The van der Waals surface area contributed by atoms with E-state index >= 15 is 0 Å². The number of rotatable bonds is 7. The van der Waals surface area contributed by atoms with E-state index in [0.717, 1.165) is 16.6 Å². The predicted molar refractivity (Wildman–Crippen MR) is 115 cm³/mol. The summed E-state index contributed by atoms with van der Waals surface area (Å²) in [6.07, 6.45) is 0. The molecular weight excluding hydrogens is 410 g/mol. The second kappa shape index (κ2) is 9.22. The number of benzene rings is 3. The number of para-hydroxylation sites is 1. The van der Waals surface area contributed by atoms with Crippen LogP contribution in [0.4, 0.5) is 0 Å². The highest BCUT2D eigenvalue weighted by atomic mass is 16.5. The summed E-state index contributed by atoms with van der Waals surface area (Å²) in [6.45, 7) is 1.41. The fourth-order valence-corrected chi connectivity index (χ4v) is 3.13. The molecule has 0 aliphatic rings. The van der Waals surface area contributed by atoms with Gasteiger partial charge in [-0.1, -0.05) is 29.5 Å². The summed E-state index contributed by atoms with van der Waals surface area (Å²) < 4.78 is 11.9. The molecule has 160 valence electrons. The molecular formula is C24H19N3O5. The van der Waals surface area contributed by atoms with Gasteiger partial charge in [0.15, 0.2) is 12.4 Å². The fraction of sp³-hybridized carbons (Fsp3) is 0.125. The average Bonchev–Trinajstić information content (AvgIpc) is 3.20. The van der Waals surface area contributed by atoms with E-state index in [-0.39, 0.29) is 5.78 Å². The van der Waals surface area contributed by atoms with Crippen molar-refractivity contribution in [1.82, 2.24) is 15.0 Å². The number of carbonyl (C=O) groups excluding carboxylic acids is 3. The van der Waals surface area contributed by atoms with Gasteiger partial charge in [-0.15, -0.1) is 5.10 Å². The molecule has 0 fully saturated rings. The molecule has 4 rings (SSSR count). The van der Waals surface area contributed by atoms with Gasteiger partial charge in [-0.05, 0) is 54.1 Å². The van der Waals surface area contributed by atoms with Crippen LogP contribution in [0.2, 0.25) is 0 Å². The maximum atomic E-state index is 12.3. The first-order chi connectivity index (χ1) is 15.5. The number of ketones is 1. The Morgan fingerprint density at radius 2 is 1.56 bits per heavy atom.